The Morgan fingerprint density at radius 2 is 2.15 bits per heavy atom. The Kier molecular flexibility index (Phi) is 2.93. The van der Waals surface area contributed by atoms with E-state index in [9.17, 15) is 4.79 Å². The van der Waals surface area contributed by atoms with E-state index >= 15 is 0 Å². The van der Waals surface area contributed by atoms with E-state index in [4.69, 9.17) is 15.6 Å². The maximum atomic E-state index is 10.6. The molecule has 4 heteroatoms. The minimum absolute atomic E-state index is 0.00218. The second kappa shape index (κ2) is 3.64. The van der Waals surface area contributed by atoms with Gasteiger partial charge in [-0.1, -0.05) is 13.8 Å². The van der Waals surface area contributed by atoms with Gasteiger partial charge in [0.2, 0.25) is 0 Å². The average Bonchev–Trinajstić information content (AvgIpc) is 1.95. The van der Waals surface area contributed by atoms with Crippen molar-refractivity contribution in [3.05, 3.63) is 0 Å². The Labute approximate surface area is 78.1 Å². The van der Waals surface area contributed by atoms with Gasteiger partial charge in [-0.05, 0) is 12.3 Å². The van der Waals surface area contributed by atoms with Gasteiger partial charge in [-0.2, -0.15) is 0 Å². The van der Waals surface area contributed by atoms with E-state index in [1.54, 1.807) is 0 Å². The maximum absolute atomic E-state index is 10.6. The first-order valence-corrected chi connectivity index (χ1v) is 4.54. The molecule has 1 rings (SSSR count). The molecule has 0 aliphatic carbocycles. The summed E-state index contributed by atoms with van der Waals surface area (Å²) in [6, 6.07) is -0.758. The highest BCUT2D eigenvalue weighted by atomic mass is 16.5. The van der Waals surface area contributed by atoms with Crippen molar-refractivity contribution in [3.8, 4) is 0 Å². The number of hydrogen-bond acceptors (Lipinski definition) is 3. The molecule has 1 aliphatic heterocycles. The summed E-state index contributed by atoms with van der Waals surface area (Å²) in [7, 11) is 0. The lowest BCUT2D eigenvalue weighted by Crippen LogP contribution is -2.51. The van der Waals surface area contributed by atoms with E-state index in [1.165, 1.54) is 0 Å². The highest BCUT2D eigenvalue weighted by Gasteiger charge is 2.43. The molecule has 0 aromatic carbocycles. The van der Waals surface area contributed by atoms with E-state index in [2.05, 4.69) is 13.8 Å². The summed E-state index contributed by atoms with van der Waals surface area (Å²) in [5, 5.41) is 8.68. The summed E-state index contributed by atoms with van der Waals surface area (Å²) < 4.78 is 5.13. The van der Waals surface area contributed by atoms with Gasteiger partial charge in [0.05, 0.1) is 13.2 Å². The van der Waals surface area contributed by atoms with Crippen LogP contribution >= 0.6 is 0 Å². The summed E-state index contributed by atoms with van der Waals surface area (Å²) in [6.07, 6.45) is 0.514. The molecule has 1 atom stereocenters. The van der Waals surface area contributed by atoms with Crippen LogP contribution in [0.4, 0.5) is 0 Å². The van der Waals surface area contributed by atoms with Crippen LogP contribution in [0.5, 0.6) is 0 Å². The molecule has 0 amide bonds. The molecule has 1 saturated heterocycles. The number of carboxylic acid groups (broad SMARTS) is 1. The van der Waals surface area contributed by atoms with E-state index in [0.29, 0.717) is 25.6 Å². The third kappa shape index (κ3) is 2.00. The van der Waals surface area contributed by atoms with Gasteiger partial charge in [0.25, 0.3) is 0 Å². The third-order valence-corrected chi connectivity index (χ3v) is 2.95. The van der Waals surface area contributed by atoms with Gasteiger partial charge in [0.1, 0.15) is 6.04 Å². The van der Waals surface area contributed by atoms with Crippen LogP contribution in [0.3, 0.4) is 0 Å². The minimum atomic E-state index is -0.924. The summed E-state index contributed by atoms with van der Waals surface area (Å²) in [4.78, 5) is 10.6. The standard InChI is InChI=1S/C9H17NO3/c1-6(2)9(4-13-5-9)3-7(10)8(11)12/h6-7H,3-5,10H2,1-2H3,(H,11,12). The zero-order valence-corrected chi connectivity index (χ0v) is 8.12. The molecule has 1 fully saturated rings. The van der Waals surface area contributed by atoms with Gasteiger partial charge < -0.3 is 15.6 Å². The molecule has 76 valence electrons. The molecule has 0 spiro atoms. The van der Waals surface area contributed by atoms with Crippen LogP contribution in [0.2, 0.25) is 0 Å². The molecule has 1 unspecified atom stereocenters. The molecule has 1 heterocycles. The fourth-order valence-electron chi connectivity index (χ4n) is 1.58. The lowest BCUT2D eigenvalue weighted by molar-refractivity contribution is -0.156. The quantitative estimate of drug-likeness (QED) is 0.670. The van der Waals surface area contributed by atoms with Gasteiger partial charge in [-0.15, -0.1) is 0 Å². The summed E-state index contributed by atoms with van der Waals surface area (Å²) in [5.74, 6) is -0.501. The van der Waals surface area contributed by atoms with Crippen molar-refractivity contribution >= 4 is 5.97 Å². The molecular formula is C9H17NO3. The number of carbonyl (C=O) groups is 1. The Morgan fingerprint density at radius 3 is 2.38 bits per heavy atom. The number of carboxylic acids is 1. The van der Waals surface area contributed by atoms with Gasteiger partial charge in [0, 0.05) is 5.41 Å². The summed E-state index contributed by atoms with van der Waals surface area (Å²) in [6.45, 7) is 5.45. The van der Waals surface area contributed by atoms with Crippen LogP contribution in [-0.4, -0.2) is 30.3 Å². The first-order valence-electron chi connectivity index (χ1n) is 4.54. The Balaban J connectivity index is 2.54. The lowest BCUT2D eigenvalue weighted by Gasteiger charge is -2.45. The molecule has 0 aromatic rings. The van der Waals surface area contributed by atoms with Crippen molar-refractivity contribution in [2.24, 2.45) is 17.1 Å². The Hall–Kier alpha value is -0.610. The van der Waals surface area contributed by atoms with Crippen molar-refractivity contribution in [2.75, 3.05) is 13.2 Å². The zero-order chi connectivity index (χ0) is 10.1. The number of hydrogen-bond donors (Lipinski definition) is 2. The molecule has 0 radical (unpaired) electrons. The van der Waals surface area contributed by atoms with Gasteiger partial charge in [0.15, 0.2) is 0 Å². The summed E-state index contributed by atoms with van der Waals surface area (Å²) >= 11 is 0. The number of ether oxygens (including phenoxy) is 1. The normalized spacial score (nSPS) is 22.5. The van der Waals surface area contributed by atoms with Crippen molar-refractivity contribution in [1.82, 2.24) is 0 Å². The SMILES string of the molecule is CC(C)C1(CC(N)C(=O)O)COC1. The lowest BCUT2D eigenvalue weighted by atomic mass is 9.71. The fourth-order valence-corrected chi connectivity index (χ4v) is 1.58. The van der Waals surface area contributed by atoms with Crippen LogP contribution in [0.1, 0.15) is 20.3 Å². The Bertz CT molecular complexity index is 199. The molecular weight excluding hydrogens is 170 g/mol. The number of nitrogens with two attached hydrogens (primary N) is 1. The first kappa shape index (κ1) is 10.5. The molecule has 1 aliphatic rings. The van der Waals surface area contributed by atoms with Crippen LogP contribution in [0.25, 0.3) is 0 Å². The predicted molar refractivity (Wildman–Crippen MR) is 48.3 cm³/mol. The van der Waals surface area contributed by atoms with Gasteiger partial charge in [-0.3, -0.25) is 4.79 Å². The van der Waals surface area contributed by atoms with Crippen LogP contribution in [0, 0.1) is 11.3 Å². The predicted octanol–water partition coefficient (Wildman–Crippen LogP) is 0.461. The minimum Gasteiger partial charge on any atom is -0.480 e. The highest BCUT2D eigenvalue weighted by Crippen LogP contribution is 2.39. The summed E-state index contributed by atoms with van der Waals surface area (Å²) in [5.41, 5.74) is 5.49. The largest absolute Gasteiger partial charge is 0.480 e. The molecule has 0 bridgehead atoms. The van der Waals surface area contributed by atoms with E-state index in [1.807, 2.05) is 0 Å². The maximum Gasteiger partial charge on any atom is 0.320 e. The van der Waals surface area contributed by atoms with Crippen molar-refractivity contribution in [2.45, 2.75) is 26.3 Å². The van der Waals surface area contributed by atoms with E-state index in [0.717, 1.165) is 0 Å². The first-order chi connectivity index (χ1) is 5.98. The van der Waals surface area contributed by atoms with Crippen LogP contribution < -0.4 is 5.73 Å². The second-order valence-electron chi connectivity index (χ2n) is 4.16. The Morgan fingerprint density at radius 1 is 1.62 bits per heavy atom. The molecule has 4 nitrogen and oxygen atoms in total. The molecule has 13 heavy (non-hydrogen) atoms. The second-order valence-corrected chi connectivity index (χ2v) is 4.16. The monoisotopic (exact) mass is 187 g/mol. The van der Waals surface area contributed by atoms with Crippen molar-refractivity contribution in [1.29, 1.82) is 0 Å². The van der Waals surface area contributed by atoms with Crippen molar-refractivity contribution in [3.63, 3.8) is 0 Å². The molecule has 0 aromatic heterocycles. The zero-order valence-electron chi connectivity index (χ0n) is 8.12. The topological polar surface area (TPSA) is 72.6 Å². The fraction of sp³-hybridized carbons (Fsp3) is 0.889. The van der Waals surface area contributed by atoms with Crippen molar-refractivity contribution < 1.29 is 14.6 Å². The van der Waals surface area contributed by atoms with E-state index in [-0.39, 0.29) is 5.41 Å². The third-order valence-electron chi connectivity index (χ3n) is 2.95. The highest BCUT2D eigenvalue weighted by molar-refractivity contribution is 5.73. The molecule has 3 N–H and O–H groups in total. The number of aliphatic carboxylic acids is 1. The van der Waals surface area contributed by atoms with Gasteiger partial charge >= 0.3 is 5.97 Å². The van der Waals surface area contributed by atoms with Crippen LogP contribution in [-0.2, 0) is 9.53 Å². The van der Waals surface area contributed by atoms with Crippen LogP contribution in [0.15, 0.2) is 0 Å². The molecule has 0 saturated carbocycles. The van der Waals surface area contributed by atoms with Gasteiger partial charge in [-0.25, -0.2) is 0 Å². The average molecular weight is 187 g/mol. The smallest absolute Gasteiger partial charge is 0.320 e. The number of rotatable bonds is 4. The van der Waals surface area contributed by atoms with E-state index < -0.39 is 12.0 Å².